The Kier molecular flexibility index (Phi) is 6.66. The van der Waals surface area contributed by atoms with Gasteiger partial charge in [-0.1, -0.05) is 20.8 Å². The predicted molar refractivity (Wildman–Crippen MR) is 126 cm³/mol. The maximum absolute atomic E-state index is 12.5. The smallest absolute Gasteiger partial charge is 0.481 e. The first-order chi connectivity index (χ1) is 16.4. The number of nitrogens with zero attached hydrogens (tertiary/aromatic N) is 3. The quantitative estimate of drug-likeness (QED) is 0.394. The van der Waals surface area contributed by atoms with Crippen molar-refractivity contribution in [3.05, 3.63) is 42.1 Å². The highest BCUT2D eigenvalue weighted by atomic mass is 19.4. The van der Waals surface area contributed by atoms with E-state index in [1.807, 2.05) is 12.1 Å². The number of carbonyl (C=O) groups is 1. The van der Waals surface area contributed by atoms with Crippen LogP contribution in [0, 0.1) is 11.3 Å². The molecule has 0 bridgehead atoms. The SMILES string of the molecule is CC1CC(n2c(Nc3ccc(OC(F)(F)F)cc3)nc3nc(CCC(=O)O)ccc32)CC(C)(C)C1. The molecule has 2 unspecified atom stereocenters. The first kappa shape index (κ1) is 24.8. The van der Waals surface area contributed by atoms with Crippen LogP contribution >= 0.6 is 0 Å². The van der Waals surface area contributed by atoms with Crippen LogP contribution in [0.15, 0.2) is 36.4 Å². The van der Waals surface area contributed by atoms with Crippen LogP contribution in [0.4, 0.5) is 24.8 Å². The Balaban J connectivity index is 1.70. The number of hydrogen-bond acceptors (Lipinski definition) is 5. The highest BCUT2D eigenvalue weighted by molar-refractivity contribution is 5.77. The number of aliphatic carboxylic acids is 1. The second-order valence-corrected chi connectivity index (χ2v) is 10.1. The van der Waals surface area contributed by atoms with Crippen LogP contribution in [0.3, 0.4) is 0 Å². The molecule has 0 amide bonds. The Morgan fingerprint density at radius 2 is 1.89 bits per heavy atom. The van der Waals surface area contributed by atoms with E-state index in [-0.39, 0.29) is 23.6 Å². The van der Waals surface area contributed by atoms with Gasteiger partial charge in [-0.05, 0) is 67.0 Å². The van der Waals surface area contributed by atoms with E-state index in [9.17, 15) is 18.0 Å². The van der Waals surface area contributed by atoms with E-state index in [2.05, 4.69) is 40.4 Å². The van der Waals surface area contributed by atoms with Gasteiger partial charge in [-0.15, -0.1) is 13.2 Å². The number of anilines is 2. The third-order valence-corrected chi connectivity index (χ3v) is 6.28. The molecular weight excluding hydrogens is 461 g/mol. The minimum absolute atomic E-state index is 0.0228. The summed E-state index contributed by atoms with van der Waals surface area (Å²) in [6.45, 7) is 6.74. The van der Waals surface area contributed by atoms with Crippen LogP contribution in [0.5, 0.6) is 5.75 Å². The van der Waals surface area contributed by atoms with Gasteiger partial charge in [0.05, 0.1) is 11.9 Å². The zero-order chi connectivity index (χ0) is 25.4. The number of aromatic nitrogens is 3. The molecular formula is C25H29F3N4O3. The maximum atomic E-state index is 12.5. The van der Waals surface area contributed by atoms with Crippen molar-refractivity contribution < 1.29 is 27.8 Å². The molecule has 0 radical (unpaired) electrons. The van der Waals surface area contributed by atoms with Gasteiger partial charge in [-0.3, -0.25) is 4.79 Å². The van der Waals surface area contributed by atoms with E-state index in [1.54, 1.807) is 0 Å². The van der Waals surface area contributed by atoms with Gasteiger partial charge in [0, 0.05) is 23.8 Å². The van der Waals surface area contributed by atoms with Crippen molar-refractivity contribution in [2.24, 2.45) is 11.3 Å². The second kappa shape index (κ2) is 9.39. The Labute approximate surface area is 201 Å². The number of rotatable bonds is 7. The third-order valence-electron chi connectivity index (χ3n) is 6.28. The van der Waals surface area contributed by atoms with Crippen LogP contribution in [0.1, 0.15) is 58.2 Å². The van der Waals surface area contributed by atoms with E-state index >= 15 is 0 Å². The lowest BCUT2D eigenvalue weighted by Crippen LogP contribution is -2.29. The Morgan fingerprint density at radius 1 is 1.17 bits per heavy atom. The van der Waals surface area contributed by atoms with Gasteiger partial charge >= 0.3 is 12.3 Å². The summed E-state index contributed by atoms with van der Waals surface area (Å²) < 4.78 is 43.6. The molecule has 188 valence electrons. The average molecular weight is 491 g/mol. The van der Waals surface area contributed by atoms with Crippen molar-refractivity contribution in [1.29, 1.82) is 0 Å². The molecule has 0 aliphatic heterocycles. The summed E-state index contributed by atoms with van der Waals surface area (Å²) in [6.07, 6.45) is -1.45. The van der Waals surface area contributed by atoms with Crippen LogP contribution in [-0.2, 0) is 11.2 Å². The number of pyridine rings is 1. The number of ether oxygens (including phenoxy) is 1. The summed E-state index contributed by atoms with van der Waals surface area (Å²) in [5.41, 5.74) is 2.68. The zero-order valence-corrected chi connectivity index (χ0v) is 19.9. The molecule has 1 aromatic carbocycles. The van der Waals surface area contributed by atoms with Crippen LogP contribution < -0.4 is 10.1 Å². The van der Waals surface area contributed by atoms with E-state index < -0.39 is 12.3 Å². The fourth-order valence-electron chi connectivity index (χ4n) is 5.21. The number of carboxylic acids is 1. The van der Waals surface area contributed by atoms with Crippen molar-refractivity contribution in [3.8, 4) is 5.75 Å². The number of halogens is 3. The topological polar surface area (TPSA) is 89.3 Å². The van der Waals surface area contributed by atoms with Crippen molar-refractivity contribution in [2.45, 2.75) is 65.3 Å². The molecule has 0 saturated heterocycles. The molecule has 2 atom stereocenters. The van der Waals surface area contributed by atoms with Gasteiger partial charge < -0.3 is 19.7 Å². The van der Waals surface area contributed by atoms with Crippen LogP contribution in [0.2, 0.25) is 0 Å². The van der Waals surface area contributed by atoms with Crippen molar-refractivity contribution in [3.63, 3.8) is 0 Å². The fourth-order valence-corrected chi connectivity index (χ4v) is 5.21. The Hall–Kier alpha value is -3.30. The summed E-state index contributed by atoms with van der Waals surface area (Å²) in [4.78, 5) is 20.3. The molecule has 2 aromatic heterocycles. The van der Waals surface area contributed by atoms with E-state index in [1.165, 1.54) is 24.3 Å². The molecule has 35 heavy (non-hydrogen) atoms. The first-order valence-corrected chi connectivity index (χ1v) is 11.6. The van der Waals surface area contributed by atoms with Gasteiger partial charge in [0.2, 0.25) is 5.95 Å². The van der Waals surface area contributed by atoms with Gasteiger partial charge in [-0.2, -0.15) is 4.98 Å². The lowest BCUT2D eigenvalue weighted by Gasteiger charge is -2.40. The van der Waals surface area contributed by atoms with Gasteiger partial charge in [0.25, 0.3) is 0 Å². The molecule has 4 rings (SSSR count). The standard InChI is InChI=1S/C25H29F3N4O3/c1-15-12-18(14-24(2,3)13-15)32-20-10-6-16(7-11-21(33)34)29-22(20)31-23(32)30-17-4-8-19(9-5-17)35-25(26,27)28/h4-6,8-10,15,18H,7,11-14H2,1-3H3,(H,33,34)(H,29,30,31). The number of carboxylic acid groups (broad SMARTS) is 1. The molecule has 10 heteroatoms. The number of benzene rings is 1. The lowest BCUT2D eigenvalue weighted by molar-refractivity contribution is -0.274. The van der Waals surface area contributed by atoms with Crippen molar-refractivity contribution >= 4 is 28.8 Å². The highest BCUT2D eigenvalue weighted by Crippen LogP contribution is 2.46. The molecule has 2 N–H and O–H groups in total. The monoisotopic (exact) mass is 490 g/mol. The molecule has 3 aromatic rings. The summed E-state index contributed by atoms with van der Waals surface area (Å²) in [7, 11) is 0. The maximum Gasteiger partial charge on any atom is 0.573 e. The number of nitrogens with one attached hydrogen (secondary N) is 1. The number of alkyl halides is 3. The predicted octanol–water partition coefficient (Wildman–Crippen LogP) is 6.48. The lowest BCUT2D eigenvalue weighted by atomic mass is 9.70. The summed E-state index contributed by atoms with van der Waals surface area (Å²) >= 11 is 0. The van der Waals surface area contributed by atoms with Crippen LogP contribution in [-0.4, -0.2) is 32.0 Å². The molecule has 1 fully saturated rings. The van der Waals surface area contributed by atoms with Gasteiger partial charge in [-0.25, -0.2) is 4.98 Å². The molecule has 2 heterocycles. The number of hydrogen-bond donors (Lipinski definition) is 2. The highest BCUT2D eigenvalue weighted by Gasteiger charge is 2.35. The molecule has 1 aliphatic carbocycles. The first-order valence-electron chi connectivity index (χ1n) is 11.6. The zero-order valence-electron chi connectivity index (χ0n) is 19.9. The number of aryl methyl sites for hydroxylation is 1. The number of fused-ring (bicyclic) bond motifs is 1. The molecule has 0 spiro atoms. The Bertz CT molecular complexity index is 1210. The van der Waals surface area contributed by atoms with Gasteiger partial charge in [0.1, 0.15) is 5.75 Å². The summed E-state index contributed by atoms with van der Waals surface area (Å²) in [6, 6.07) is 9.40. The Morgan fingerprint density at radius 3 is 2.51 bits per heavy atom. The third kappa shape index (κ3) is 6.23. The summed E-state index contributed by atoms with van der Waals surface area (Å²) in [5.74, 6) is -0.141. The van der Waals surface area contributed by atoms with Crippen molar-refractivity contribution in [2.75, 3.05) is 5.32 Å². The van der Waals surface area contributed by atoms with Crippen molar-refractivity contribution in [1.82, 2.24) is 14.5 Å². The number of imidazole rings is 1. The van der Waals surface area contributed by atoms with E-state index in [0.29, 0.717) is 35.3 Å². The van der Waals surface area contributed by atoms with Gasteiger partial charge in [0.15, 0.2) is 5.65 Å². The summed E-state index contributed by atoms with van der Waals surface area (Å²) in [5, 5.41) is 12.2. The largest absolute Gasteiger partial charge is 0.573 e. The second-order valence-electron chi connectivity index (χ2n) is 10.1. The molecule has 1 aliphatic rings. The molecule has 7 nitrogen and oxygen atoms in total. The minimum atomic E-state index is -4.75. The van der Waals surface area contributed by atoms with E-state index in [0.717, 1.165) is 24.8 Å². The van der Waals surface area contributed by atoms with E-state index in [4.69, 9.17) is 10.1 Å². The minimum Gasteiger partial charge on any atom is -0.481 e. The normalized spacial score (nSPS) is 20.1. The van der Waals surface area contributed by atoms with Crippen LogP contribution in [0.25, 0.3) is 11.2 Å². The average Bonchev–Trinajstić information content (AvgIpc) is 3.08. The fraction of sp³-hybridized carbons (Fsp3) is 0.480. The molecule has 1 saturated carbocycles.